The van der Waals surface area contributed by atoms with Gasteiger partial charge in [0, 0.05) is 31.0 Å². The van der Waals surface area contributed by atoms with Gasteiger partial charge in [-0.15, -0.1) is 0 Å². The number of aryl methyl sites for hydroxylation is 1. The quantitative estimate of drug-likeness (QED) is 0.551. The largest absolute Gasteiger partial charge is 0.383 e. The minimum absolute atomic E-state index is 0.0159. The van der Waals surface area contributed by atoms with E-state index >= 15 is 0 Å². The molecular weight excluding hydrogens is 462 g/mol. The molecule has 1 aliphatic carbocycles. The summed E-state index contributed by atoms with van der Waals surface area (Å²) in [5.41, 5.74) is 3.89. The third-order valence-electron chi connectivity index (χ3n) is 7.06. The highest BCUT2D eigenvalue weighted by molar-refractivity contribution is 6.30. The van der Waals surface area contributed by atoms with Gasteiger partial charge in [0.15, 0.2) is 0 Å². The zero-order chi connectivity index (χ0) is 24.5. The van der Waals surface area contributed by atoms with Gasteiger partial charge in [-0.1, -0.05) is 29.8 Å². The number of fused-ring (bicyclic) bond motifs is 1. The molecule has 35 heavy (non-hydrogen) atoms. The van der Waals surface area contributed by atoms with E-state index in [0.29, 0.717) is 28.7 Å². The minimum atomic E-state index is -0.128. The number of allylic oxidation sites excluding steroid dienone is 2. The maximum Gasteiger partial charge on any atom is 0.333 e. The molecule has 7 nitrogen and oxygen atoms in total. The smallest absolute Gasteiger partial charge is 0.333 e. The fourth-order valence-electron chi connectivity index (χ4n) is 5.08. The molecule has 1 fully saturated rings. The van der Waals surface area contributed by atoms with Crippen molar-refractivity contribution < 1.29 is 4.79 Å². The maximum atomic E-state index is 13.5. The number of imidazole rings is 1. The van der Waals surface area contributed by atoms with E-state index in [1.807, 2.05) is 48.0 Å². The maximum absolute atomic E-state index is 13.5. The lowest BCUT2D eigenvalue weighted by Gasteiger charge is -2.29. The van der Waals surface area contributed by atoms with E-state index in [9.17, 15) is 9.59 Å². The lowest BCUT2D eigenvalue weighted by molar-refractivity contribution is 0.0919. The SMILES string of the molecule is Cc1ncc(Cl)cc1C(=O)NC1CCC(Cn2c(=O)n(C3=CNC(C)C=C3)c3ccccc32)CC1. The summed E-state index contributed by atoms with van der Waals surface area (Å²) < 4.78 is 3.70. The van der Waals surface area contributed by atoms with Crippen LogP contribution in [0, 0.1) is 12.8 Å². The Hall–Kier alpha value is -3.32. The lowest BCUT2D eigenvalue weighted by atomic mass is 9.85. The van der Waals surface area contributed by atoms with Gasteiger partial charge >= 0.3 is 5.69 Å². The van der Waals surface area contributed by atoms with Crippen LogP contribution in [0.4, 0.5) is 0 Å². The molecular formula is C27H30ClN5O2. The number of nitrogens with zero attached hydrogens (tertiary/aromatic N) is 3. The van der Waals surface area contributed by atoms with Crippen LogP contribution in [0.15, 0.2) is 59.7 Å². The van der Waals surface area contributed by atoms with Gasteiger partial charge in [0.25, 0.3) is 5.91 Å². The number of carbonyl (C=O) groups excluding carboxylic acids is 1. The molecule has 0 bridgehead atoms. The number of aromatic nitrogens is 3. The lowest BCUT2D eigenvalue weighted by Crippen LogP contribution is -2.39. The molecule has 2 aliphatic rings. The molecule has 1 saturated carbocycles. The summed E-state index contributed by atoms with van der Waals surface area (Å²) in [5.74, 6) is 0.251. The molecule has 1 atom stereocenters. The van der Waals surface area contributed by atoms with Crippen LogP contribution in [-0.4, -0.2) is 32.1 Å². The van der Waals surface area contributed by atoms with Crippen LogP contribution in [0.25, 0.3) is 16.7 Å². The van der Waals surface area contributed by atoms with Crippen LogP contribution < -0.4 is 16.3 Å². The van der Waals surface area contributed by atoms with E-state index in [1.54, 1.807) is 16.8 Å². The molecule has 1 amide bonds. The summed E-state index contributed by atoms with van der Waals surface area (Å²) in [4.78, 5) is 30.5. The Balaban J connectivity index is 1.29. The minimum Gasteiger partial charge on any atom is -0.383 e. The number of hydrogen-bond donors (Lipinski definition) is 2. The second-order valence-electron chi connectivity index (χ2n) is 9.58. The predicted molar refractivity (Wildman–Crippen MR) is 139 cm³/mol. The van der Waals surface area contributed by atoms with Crippen LogP contribution >= 0.6 is 11.6 Å². The van der Waals surface area contributed by atoms with E-state index in [-0.39, 0.29) is 23.7 Å². The van der Waals surface area contributed by atoms with E-state index in [2.05, 4.69) is 28.6 Å². The summed E-state index contributed by atoms with van der Waals surface area (Å²) in [6, 6.07) is 9.99. The Morgan fingerprint density at radius 3 is 2.66 bits per heavy atom. The van der Waals surface area contributed by atoms with Crippen LogP contribution in [0.5, 0.6) is 0 Å². The average Bonchev–Trinajstić information content (AvgIpc) is 3.13. The van der Waals surface area contributed by atoms with Crippen molar-refractivity contribution in [1.82, 2.24) is 24.8 Å². The Labute approximate surface area is 209 Å². The molecule has 2 aromatic heterocycles. The third-order valence-corrected chi connectivity index (χ3v) is 7.27. The number of amides is 1. The average molecular weight is 492 g/mol. The highest BCUT2D eigenvalue weighted by atomic mass is 35.5. The van der Waals surface area contributed by atoms with Gasteiger partial charge in [-0.25, -0.2) is 4.79 Å². The first-order valence-electron chi connectivity index (χ1n) is 12.2. The standard InChI is InChI=1S/C27H30ClN5O2/c1-17-7-12-22(15-29-17)33-25-6-4-3-5-24(25)32(27(33)35)16-19-8-10-21(11-9-19)31-26(34)23-13-20(28)14-30-18(23)2/h3-7,12-15,17,19,21,29H,8-11,16H2,1-2H3,(H,31,34). The number of pyridine rings is 1. The molecule has 1 aliphatic heterocycles. The van der Waals surface area contributed by atoms with Gasteiger partial charge < -0.3 is 10.6 Å². The second-order valence-corrected chi connectivity index (χ2v) is 10.0. The number of benzene rings is 1. The third kappa shape index (κ3) is 4.78. The van der Waals surface area contributed by atoms with Gasteiger partial charge in [-0.2, -0.15) is 0 Å². The van der Waals surface area contributed by atoms with Gasteiger partial charge in [0.1, 0.15) is 0 Å². The molecule has 1 unspecified atom stereocenters. The number of rotatable bonds is 5. The summed E-state index contributed by atoms with van der Waals surface area (Å²) in [5, 5.41) is 6.89. The van der Waals surface area contributed by atoms with Crippen molar-refractivity contribution >= 4 is 34.2 Å². The Bertz CT molecular complexity index is 1380. The first-order valence-corrected chi connectivity index (χ1v) is 12.6. The first-order chi connectivity index (χ1) is 16.9. The van der Waals surface area contributed by atoms with Crippen molar-refractivity contribution in [3.05, 3.63) is 81.6 Å². The number of nitrogens with one attached hydrogen (secondary N) is 2. The van der Waals surface area contributed by atoms with E-state index in [0.717, 1.165) is 42.4 Å². The Morgan fingerprint density at radius 2 is 1.94 bits per heavy atom. The molecule has 3 heterocycles. The van der Waals surface area contributed by atoms with E-state index in [1.165, 1.54) is 0 Å². The fraction of sp³-hybridized carbons (Fsp3) is 0.370. The summed E-state index contributed by atoms with van der Waals surface area (Å²) in [6.45, 7) is 4.55. The van der Waals surface area contributed by atoms with Crippen molar-refractivity contribution in [2.24, 2.45) is 5.92 Å². The molecule has 182 valence electrons. The van der Waals surface area contributed by atoms with E-state index < -0.39 is 0 Å². The van der Waals surface area contributed by atoms with Crippen molar-refractivity contribution in [1.29, 1.82) is 0 Å². The molecule has 5 rings (SSSR count). The predicted octanol–water partition coefficient (Wildman–Crippen LogP) is 4.49. The Morgan fingerprint density at radius 1 is 1.20 bits per heavy atom. The Kier molecular flexibility index (Phi) is 6.52. The van der Waals surface area contributed by atoms with Crippen LogP contribution in [0.2, 0.25) is 5.02 Å². The van der Waals surface area contributed by atoms with Crippen LogP contribution in [-0.2, 0) is 6.54 Å². The number of dihydropyridines is 1. The van der Waals surface area contributed by atoms with Gasteiger partial charge in [0.2, 0.25) is 0 Å². The van der Waals surface area contributed by atoms with E-state index in [4.69, 9.17) is 11.6 Å². The van der Waals surface area contributed by atoms with Crippen LogP contribution in [0.3, 0.4) is 0 Å². The summed E-state index contributed by atoms with van der Waals surface area (Å²) >= 11 is 6.03. The highest BCUT2D eigenvalue weighted by Gasteiger charge is 2.26. The summed E-state index contributed by atoms with van der Waals surface area (Å²) in [6.07, 6.45) is 11.2. The summed E-state index contributed by atoms with van der Waals surface area (Å²) in [7, 11) is 0. The van der Waals surface area contributed by atoms with Gasteiger partial charge in [-0.3, -0.25) is 18.9 Å². The van der Waals surface area contributed by atoms with Crippen molar-refractivity contribution in [2.45, 2.75) is 58.2 Å². The number of halogens is 1. The highest BCUT2D eigenvalue weighted by Crippen LogP contribution is 2.28. The molecule has 0 radical (unpaired) electrons. The fourth-order valence-corrected chi connectivity index (χ4v) is 5.24. The number of hydrogen-bond acceptors (Lipinski definition) is 4. The molecule has 3 aromatic rings. The number of para-hydroxylation sites is 2. The molecule has 0 saturated heterocycles. The normalized spacial score (nSPS) is 22.0. The molecule has 0 spiro atoms. The van der Waals surface area contributed by atoms with Crippen molar-refractivity contribution in [2.75, 3.05) is 0 Å². The zero-order valence-corrected chi connectivity index (χ0v) is 20.8. The second kappa shape index (κ2) is 9.74. The van der Waals surface area contributed by atoms with Gasteiger partial charge in [0.05, 0.1) is 33.0 Å². The molecule has 1 aromatic carbocycles. The van der Waals surface area contributed by atoms with Crippen molar-refractivity contribution in [3.63, 3.8) is 0 Å². The number of carbonyl (C=O) groups is 1. The van der Waals surface area contributed by atoms with Crippen LogP contribution in [0.1, 0.15) is 48.7 Å². The van der Waals surface area contributed by atoms with Gasteiger partial charge in [-0.05, 0) is 69.7 Å². The topological polar surface area (TPSA) is 81.0 Å². The zero-order valence-electron chi connectivity index (χ0n) is 20.0. The van der Waals surface area contributed by atoms with Crippen molar-refractivity contribution in [3.8, 4) is 0 Å². The monoisotopic (exact) mass is 491 g/mol. The first kappa shape index (κ1) is 23.4. The molecule has 8 heteroatoms. The molecule has 2 N–H and O–H groups in total.